The number of hydrogen-bond acceptors (Lipinski definition) is 2. The van der Waals surface area contributed by atoms with Crippen LogP contribution in [0.4, 0.5) is 0 Å². The van der Waals surface area contributed by atoms with Gasteiger partial charge in [0.05, 0.1) is 56.4 Å². The minimum absolute atomic E-state index is 0.599. The van der Waals surface area contributed by atoms with E-state index in [0.29, 0.717) is 11.1 Å². The van der Waals surface area contributed by atoms with Crippen LogP contribution in [0.15, 0.2) is 176 Å². The minimum Gasteiger partial charge on any atom is -0.309 e. The molecule has 0 radical (unpaired) electrons. The van der Waals surface area contributed by atoms with Gasteiger partial charge in [0.15, 0.2) is 0 Å². The first kappa shape index (κ1) is 30.7. The van der Waals surface area contributed by atoms with E-state index in [2.05, 4.69) is 177 Å². The summed E-state index contributed by atoms with van der Waals surface area (Å²) >= 11 is 0. The topological polar surface area (TPSA) is 62.4 Å². The summed E-state index contributed by atoms with van der Waals surface area (Å²) in [6.07, 6.45) is 0. The molecule has 11 aromatic rings. The van der Waals surface area contributed by atoms with Crippen molar-refractivity contribution in [1.82, 2.24) is 13.7 Å². The Bertz CT molecular complexity index is 3350. The predicted octanol–water partition coefficient (Wildman–Crippen LogP) is 12.4. The van der Waals surface area contributed by atoms with E-state index in [0.717, 1.165) is 72.1 Å². The summed E-state index contributed by atoms with van der Waals surface area (Å²) in [6.45, 7) is 0. The van der Waals surface area contributed by atoms with Crippen LogP contribution in [-0.2, 0) is 0 Å². The molecule has 0 unspecified atom stereocenters. The zero-order chi connectivity index (χ0) is 36.6. The maximum Gasteiger partial charge on any atom is 0.0992 e. The van der Waals surface area contributed by atoms with Crippen LogP contribution in [0, 0.1) is 22.7 Å². The van der Waals surface area contributed by atoms with Gasteiger partial charge in [0.1, 0.15) is 0 Å². The van der Waals surface area contributed by atoms with Gasteiger partial charge in [-0.1, -0.05) is 97.1 Å². The van der Waals surface area contributed by atoms with Gasteiger partial charge in [-0.2, -0.15) is 10.5 Å². The molecular formula is C50H29N5. The molecule has 0 saturated heterocycles. The molecule has 0 aliphatic heterocycles. The number of aromatic nitrogens is 3. The quantitative estimate of drug-likeness (QED) is 0.184. The highest BCUT2D eigenvalue weighted by Gasteiger charge is 2.18. The molecule has 254 valence electrons. The Hall–Kier alpha value is -7.86. The van der Waals surface area contributed by atoms with Crippen LogP contribution in [0.3, 0.4) is 0 Å². The van der Waals surface area contributed by atoms with Crippen molar-refractivity contribution >= 4 is 65.4 Å². The Morgan fingerprint density at radius 2 is 0.727 bits per heavy atom. The summed E-state index contributed by atoms with van der Waals surface area (Å²) in [5, 5.41) is 27.1. The molecule has 3 heterocycles. The van der Waals surface area contributed by atoms with E-state index < -0.39 is 0 Å². The Morgan fingerprint density at radius 3 is 1.27 bits per heavy atom. The van der Waals surface area contributed by atoms with Crippen LogP contribution in [0.2, 0.25) is 0 Å². The lowest BCUT2D eigenvalue weighted by molar-refractivity contribution is 1.15. The predicted molar refractivity (Wildman–Crippen MR) is 224 cm³/mol. The van der Waals surface area contributed by atoms with Gasteiger partial charge in [-0.05, 0) is 90.0 Å². The maximum atomic E-state index is 10.2. The third-order valence-electron chi connectivity index (χ3n) is 11.1. The van der Waals surface area contributed by atoms with E-state index in [-0.39, 0.29) is 0 Å². The molecule has 0 amide bonds. The van der Waals surface area contributed by atoms with Crippen LogP contribution >= 0.6 is 0 Å². The van der Waals surface area contributed by atoms with Crippen LogP contribution < -0.4 is 0 Å². The fraction of sp³-hybridized carbons (Fsp3) is 0. The first-order chi connectivity index (χ1) is 27.2. The van der Waals surface area contributed by atoms with Crippen molar-refractivity contribution in [1.29, 1.82) is 10.5 Å². The Labute approximate surface area is 316 Å². The first-order valence-corrected chi connectivity index (χ1v) is 18.3. The standard InChI is InChI=1S/C50H29N5/c51-30-32-17-23-43-44-24-22-37(54-45-13-5-1-9-39(45)40-10-2-6-14-46(40)54)29-50(44)53(49(43)27-32)36-20-18-34(19-21-36)35-25-33(31-52)26-38(28-35)55-47-15-7-3-11-41(47)42-12-4-8-16-48(42)55/h1-29H. The molecule has 5 nitrogen and oxygen atoms in total. The minimum atomic E-state index is 0.599. The highest BCUT2D eigenvalue weighted by Crippen LogP contribution is 2.38. The molecule has 0 fully saturated rings. The highest BCUT2D eigenvalue weighted by molar-refractivity contribution is 6.12. The van der Waals surface area contributed by atoms with E-state index in [1.54, 1.807) is 0 Å². The van der Waals surface area contributed by atoms with E-state index in [1.807, 2.05) is 24.3 Å². The van der Waals surface area contributed by atoms with Crippen LogP contribution in [0.25, 0.3) is 93.6 Å². The van der Waals surface area contributed by atoms with Gasteiger partial charge in [0.2, 0.25) is 0 Å². The Balaban J connectivity index is 1.09. The number of hydrogen-bond donors (Lipinski definition) is 0. The van der Waals surface area contributed by atoms with Crippen molar-refractivity contribution in [3.05, 3.63) is 187 Å². The third-order valence-corrected chi connectivity index (χ3v) is 11.1. The number of para-hydroxylation sites is 4. The molecule has 3 aromatic heterocycles. The molecule has 11 rings (SSSR count). The molecule has 0 atom stereocenters. The third kappa shape index (κ3) is 4.58. The summed E-state index contributed by atoms with van der Waals surface area (Å²) in [5.74, 6) is 0. The number of nitrogens with zero attached hydrogens (tertiary/aromatic N) is 5. The van der Waals surface area contributed by atoms with Crippen molar-refractivity contribution in [2.75, 3.05) is 0 Å². The fourth-order valence-electron chi connectivity index (χ4n) is 8.67. The lowest BCUT2D eigenvalue weighted by atomic mass is 10.0. The van der Waals surface area contributed by atoms with Gasteiger partial charge in [-0.3, -0.25) is 0 Å². The number of rotatable bonds is 4. The second kappa shape index (κ2) is 11.8. The number of nitriles is 2. The second-order valence-corrected chi connectivity index (χ2v) is 14.0. The van der Waals surface area contributed by atoms with E-state index >= 15 is 0 Å². The Morgan fingerprint density at radius 1 is 0.291 bits per heavy atom. The van der Waals surface area contributed by atoms with Crippen molar-refractivity contribution in [3.63, 3.8) is 0 Å². The van der Waals surface area contributed by atoms with Gasteiger partial charge < -0.3 is 13.7 Å². The van der Waals surface area contributed by atoms with Gasteiger partial charge in [-0.25, -0.2) is 0 Å². The van der Waals surface area contributed by atoms with Crippen molar-refractivity contribution in [2.45, 2.75) is 0 Å². The molecule has 0 aliphatic rings. The normalized spacial score (nSPS) is 11.6. The summed E-state index contributed by atoms with van der Waals surface area (Å²) in [6, 6.07) is 66.0. The average molecular weight is 700 g/mol. The van der Waals surface area contributed by atoms with Crippen LogP contribution in [0.1, 0.15) is 11.1 Å². The van der Waals surface area contributed by atoms with Gasteiger partial charge in [-0.15, -0.1) is 0 Å². The summed E-state index contributed by atoms with van der Waals surface area (Å²) in [5.41, 5.74) is 12.7. The van der Waals surface area contributed by atoms with Gasteiger partial charge in [0, 0.05) is 49.4 Å². The summed E-state index contributed by atoms with van der Waals surface area (Å²) in [7, 11) is 0. The molecular weight excluding hydrogens is 671 g/mol. The molecule has 0 spiro atoms. The lowest BCUT2D eigenvalue weighted by Crippen LogP contribution is -1.98. The second-order valence-electron chi connectivity index (χ2n) is 14.0. The SMILES string of the molecule is N#Cc1cc(-c2ccc(-n3c4cc(C#N)ccc4c4ccc(-n5c6ccccc6c6ccccc65)cc43)cc2)cc(-n2c3ccccc3c3ccccc32)c1. The fourth-order valence-corrected chi connectivity index (χ4v) is 8.67. The molecule has 0 aliphatic carbocycles. The van der Waals surface area contributed by atoms with E-state index in [9.17, 15) is 10.5 Å². The summed E-state index contributed by atoms with van der Waals surface area (Å²) < 4.78 is 6.86. The van der Waals surface area contributed by atoms with Gasteiger partial charge >= 0.3 is 0 Å². The highest BCUT2D eigenvalue weighted by atomic mass is 15.0. The largest absolute Gasteiger partial charge is 0.309 e. The molecule has 8 aromatic carbocycles. The van der Waals surface area contributed by atoms with Crippen molar-refractivity contribution in [3.8, 4) is 40.3 Å². The lowest BCUT2D eigenvalue weighted by Gasteiger charge is -2.13. The van der Waals surface area contributed by atoms with Crippen molar-refractivity contribution < 1.29 is 0 Å². The molecule has 0 bridgehead atoms. The van der Waals surface area contributed by atoms with Gasteiger partial charge in [0.25, 0.3) is 0 Å². The van der Waals surface area contributed by atoms with E-state index in [4.69, 9.17) is 0 Å². The maximum absolute atomic E-state index is 10.2. The number of fused-ring (bicyclic) bond motifs is 9. The molecule has 55 heavy (non-hydrogen) atoms. The first-order valence-electron chi connectivity index (χ1n) is 18.3. The number of benzene rings is 8. The monoisotopic (exact) mass is 699 g/mol. The average Bonchev–Trinajstić information content (AvgIpc) is 3.88. The zero-order valence-electron chi connectivity index (χ0n) is 29.5. The van der Waals surface area contributed by atoms with Crippen LogP contribution in [-0.4, -0.2) is 13.7 Å². The zero-order valence-corrected chi connectivity index (χ0v) is 29.5. The van der Waals surface area contributed by atoms with E-state index in [1.165, 1.54) is 21.5 Å². The molecule has 0 saturated carbocycles. The Kier molecular flexibility index (Phi) is 6.61. The smallest absolute Gasteiger partial charge is 0.0992 e. The molecule has 5 heteroatoms. The van der Waals surface area contributed by atoms with Crippen molar-refractivity contribution in [2.24, 2.45) is 0 Å². The van der Waals surface area contributed by atoms with Crippen LogP contribution in [0.5, 0.6) is 0 Å². The molecule has 0 N–H and O–H groups in total. The summed E-state index contributed by atoms with van der Waals surface area (Å²) in [4.78, 5) is 0.